The predicted molar refractivity (Wildman–Crippen MR) is 143 cm³/mol. The van der Waals surface area contributed by atoms with Gasteiger partial charge >= 0.3 is 0 Å². The fourth-order valence-electron chi connectivity index (χ4n) is 3.00. The Labute approximate surface area is 223 Å². The molecule has 0 bridgehead atoms. The summed E-state index contributed by atoms with van der Waals surface area (Å²) in [4.78, 5) is 47.6. The van der Waals surface area contributed by atoms with E-state index in [-0.39, 0.29) is 32.0 Å². The van der Waals surface area contributed by atoms with Gasteiger partial charge in [0, 0.05) is 45.4 Å². The first-order chi connectivity index (χ1) is 17.3. The van der Waals surface area contributed by atoms with E-state index in [2.05, 4.69) is 5.32 Å². The topological polar surface area (TPSA) is 120 Å². The number of Topliss-reactive ketones (excluding diaryl/α,β-unsaturated/α-hetero) is 1. The zero-order valence-corrected chi connectivity index (χ0v) is 24.0. The SMILES string of the molecule is CC.CC(C)C(=O)CC(C)(C)OCC(C)(C)OCCOCCOCCNC(=O)CCN1C(=O)C=CC1=O.[HH]. The Morgan fingerprint density at radius 1 is 0.892 bits per heavy atom. The molecule has 3 amide bonds. The van der Waals surface area contributed by atoms with Gasteiger partial charge in [-0.15, -0.1) is 0 Å². The van der Waals surface area contributed by atoms with E-state index < -0.39 is 23.0 Å². The van der Waals surface area contributed by atoms with Crippen molar-refractivity contribution in [3.63, 3.8) is 0 Å². The summed E-state index contributed by atoms with van der Waals surface area (Å²) in [5, 5.41) is 2.68. The van der Waals surface area contributed by atoms with Crippen LogP contribution in [0.5, 0.6) is 0 Å². The van der Waals surface area contributed by atoms with Crippen LogP contribution in [0.15, 0.2) is 12.2 Å². The third-order valence-electron chi connectivity index (χ3n) is 5.18. The number of ketones is 1. The van der Waals surface area contributed by atoms with Gasteiger partial charge in [-0.25, -0.2) is 0 Å². The molecule has 0 fully saturated rings. The van der Waals surface area contributed by atoms with Crippen LogP contribution in [0.4, 0.5) is 0 Å². The molecule has 1 aliphatic rings. The lowest BCUT2D eigenvalue weighted by Crippen LogP contribution is -2.38. The highest BCUT2D eigenvalue weighted by Gasteiger charge is 2.28. The van der Waals surface area contributed by atoms with Gasteiger partial charge in [0.05, 0.1) is 50.8 Å². The van der Waals surface area contributed by atoms with Crippen molar-refractivity contribution in [3.8, 4) is 0 Å². The van der Waals surface area contributed by atoms with Crippen LogP contribution in [0.1, 0.15) is 69.7 Å². The van der Waals surface area contributed by atoms with Crippen molar-refractivity contribution >= 4 is 23.5 Å². The summed E-state index contributed by atoms with van der Waals surface area (Å²) in [7, 11) is 0. The van der Waals surface area contributed by atoms with Crippen LogP contribution in [0, 0.1) is 5.92 Å². The quantitative estimate of drug-likeness (QED) is 0.200. The third-order valence-corrected chi connectivity index (χ3v) is 5.18. The summed E-state index contributed by atoms with van der Waals surface area (Å²) >= 11 is 0. The van der Waals surface area contributed by atoms with Gasteiger partial charge in [-0.3, -0.25) is 24.1 Å². The third kappa shape index (κ3) is 16.3. The number of rotatable bonds is 19. The van der Waals surface area contributed by atoms with E-state index in [1.807, 2.05) is 55.4 Å². The molecule has 0 unspecified atom stereocenters. The summed E-state index contributed by atoms with van der Waals surface area (Å²) < 4.78 is 22.7. The molecule has 0 spiro atoms. The highest BCUT2D eigenvalue weighted by molar-refractivity contribution is 6.13. The van der Waals surface area contributed by atoms with Crippen LogP contribution in [0.3, 0.4) is 0 Å². The maximum Gasteiger partial charge on any atom is 0.253 e. The summed E-state index contributed by atoms with van der Waals surface area (Å²) in [6.45, 7) is 18.1. The van der Waals surface area contributed by atoms with Crippen molar-refractivity contribution in [3.05, 3.63) is 12.2 Å². The van der Waals surface area contributed by atoms with Gasteiger partial charge in [-0.05, 0) is 27.7 Å². The van der Waals surface area contributed by atoms with Gasteiger partial charge in [0.2, 0.25) is 5.91 Å². The van der Waals surface area contributed by atoms with Crippen molar-refractivity contribution in [2.75, 3.05) is 52.7 Å². The zero-order chi connectivity index (χ0) is 28.5. The zero-order valence-electron chi connectivity index (χ0n) is 24.0. The Kier molecular flexibility index (Phi) is 17.1. The molecule has 0 saturated heterocycles. The molecule has 37 heavy (non-hydrogen) atoms. The second-order valence-electron chi connectivity index (χ2n) is 9.94. The van der Waals surface area contributed by atoms with Crippen LogP contribution in [0.25, 0.3) is 0 Å². The first kappa shape index (κ1) is 34.9. The number of carbonyl (C=O) groups is 4. The van der Waals surface area contributed by atoms with Crippen molar-refractivity contribution in [2.45, 2.75) is 79.4 Å². The lowest BCUT2D eigenvalue weighted by molar-refractivity contribution is -0.142. The summed E-state index contributed by atoms with van der Waals surface area (Å²) in [6.07, 6.45) is 2.81. The Morgan fingerprint density at radius 3 is 2.00 bits per heavy atom. The van der Waals surface area contributed by atoms with Crippen LogP contribution in [-0.2, 0) is 38.1 Å². The van der Waals surface area contributed by atoms with E-state index in [0.717, 1.165) is 4.90 Å². The highest BCUT2D eigenvalue weighted by atomic mass is 16.6. The number of hydrogen-bond acceptors (Lipinski definition) is 8. The number of imide groups is 1. The van der Waals surface area contributed by atoms with E-state index in [1.165, 1.54) is 12.2 Å². The van der Waals surface area contributed by atoms with E-state index >= 15 is 0 Å². The molecule has 0 aromatic carbocycles. The first-order valence-corrected chi connectivity index (χ1v) is 13.1. The van der Waals surface area contributed by atoms with Gasteiger partial charge in [0.25, 0.3) is 11.8 Å². The van der Waals surface area contributed by atoms with E-state index in [0.29, 0.717) is 52.6 Å². The molecule has 0 saturated carbocycles. The van der Waals surface area contributed by atoms with Gasteiger partial charge in [-0.2, -0.15) is 0 Å². The number of amides is 3. The lowest BCUT2D eigenvalue weighted by atomic mass is 9.95. The van der Waals surface area contributed by atoms with Crippen LogP contribution >= 0.6 is 0 Å². The summed E-state index contributed by atoms with van der Waals surface area (Å²) in [5.41, 5.74) is -1.05. The number of nitrogens with one attached hydrogen (secondary N) is 1. The maximum absolute atomic E-state index is 12.0. The average molecular weight is 531 g/mol. The summed E-state index contributed by atoms with van der Waals surface area (Å²) in [6, 6.07) is 0. The molecule has 216 valence electrons. The molecular weight excluding hydrogens is 480 g/mol. The molecule has 0 aromatic rings. The fourth-order valence-corrected chi connectivity index (χ4v) is 3.00. The van der Waals surface area contributed by atoms with Crippen molar-refractivity contribution < 1.29 is 39.6 Å². The van der Waals surface area contributed by atoms with Gasteiger partial charge in [-0.1, -0.05) is 27.7 Å². The van der Waals surface area contributed by atoms with Crippen molar-refractivity contribution in [1.29, 1.82) is 0 Å². The second kappa shape index (κ2) is 18.2. The minimum absolute atomic E-state index is 0. The van der Waals surface area contributed by atoms with E-state index in [1.54, 1.807) is 0 Å². The Morgan fingerprint density at radius 2 is 1.43 bits per heavy atom. The number of hydrogen-bond donors (Lipinski definition) is 1. The standard InChI is InChI=1S/C25H42N2O8.C2H6.H2/c1-19(2)20(28)17-24(3,4)35-18-25(5,6)34-16-15-33-14-13-32-12-10-26-21(29)9-11-27-22(30)7-8-23(27)31;1-2;/h7-8,19H,9-18H2,1-6H3,(H,26,29);1-2H3;1H. The Hall–Kier alpha value is -2.14. The minimum Gasteiger partial charge on any atom is -0.377 e. The van der Waals surface area contributed by atoms with Crippen molar-refractivity contribution in [1.82, 2.24) is 10.2 Å². The largest absolute Gasteiger partial charge is 0.377 e. The van der Waals surface area contributed by atoms with Gasteiger partial charge in [0.1, 0.15) is 5.78 Å². The van der Waals surface area contributed by atoms with Crippen LogP contribution in [0.2, 0.25) is 0 Å². The predicted octanol–water partition coefficient (Wildman–Crippen LogP) is 2.93. The van der Waals surface area contributed by atoms with Gasteiger partial charge in [0.15, 0.2) is 0 Å². The molecule has 1 rings (SSSR count). The Bertz CT molecular complexity index is 735. The first-order valence-electron chi connectivity index (χ1n) is 13.1. The van der Waals surface area contributed by atoms with E-state index in [9.17, 15) is 19.2 Å². The minimum atomic E-state index is -0.543. The Balaban J connectivity index is 0. The summed E-state index contributed by atoms with van der Waals surface area (Å²) in [5.74, 6) is -0.876. The molecule has 1 heterocycles. The lowest BCUT2D eigenvalue weighted by Gasteiger charge is -2.32. The van der Waals surface area contributed by atoms with Gasteiger partial charge < -0.3 is 24.3 Å². The molecule has 0 atom stereocenters. The second-order valence-corrected chi connectivity index (χ2v) is 9.94. The number of ether oxygens (including phenoxy) is 4. The molecule has 0 aliphatic carbocycles. The molecule has 10 nitrogen and oxygen atoms in total. The smallest absolute Gasteiger partial charge is 0.253 e. The normalized spacial score (nSPS) is 13.7. The molecule has 1 N–H and O–H groups in total. The number of carbonyl (C=O) groups excluding carboxylic acids is 4. The molecule has 0 aromatic heterocycles. The molecule has 10 heteroatoms. The van der Waals surface area contributed by atoms with Crippen LogP contribution < -0.4 is 5.32 Å². The van der Waals surface area contributed by atoms with E-state index in [4.69, 9.17) is 18.9 Å². The average Bonchev–Trinajstić information content (AvgIpc) is 3.15. The number of nitrogens with zero attached hydrogens (tertiary/aromatic N) is 1. The highest BCUT2D eigenvalue weighted by Crippen LogP contribution is 2.21. The maximum atomic E-state index is 12.0. The molecule has 0 radical (unpaired) electrons. The monoisotopic (exact) mass is 530 g/mol. The fraction of sp³-hybridized carbons (Fsp3) is 0.778. The molecule has 1 aliphatic heterocycles. The van der Waals surface area contributed by atoms with Crippen molar-refractivity contribution in [2.24, 2.45) is 5.92 Å². The van der Waals surface area contributed by atoms with Crippen LogP contribution in [-0.4, -0.2) is 92.3 Å². The molecular formula is C27H50N2O8.